The molecule has 148 valence electrons. The van der Waals surface area contributed by atoms with Gasteiger partial charge in [-0.2, -0.15) is 0 Å². The molecule has 0 aromatic carbocycles. The fourth-order valence-electron chi connectivity index (χ4n) is 2.46. The minimum atomic E-state index is 0.0364. The average Bonchev–Trinajstić information content (AvgIpc) is 2.56. The summed E-state index contributed by atoms with van der Waals surface area (Å²) in [6, 6.07) is 0.545. The first kappa shape index (κ1) is 26.1. The lowest BCUT2D eigenvalue weighted by Crippen LogP contribution is -2.42. The highest BCUT2D eigenvalue weighted by Gasteiger charge is 2.32. The van der Waals surface area contributed by atoms with Gasteiger partial charge in [-0.05, 0) is 73.1 Å². The fraction of sp³-hybridized carbons (Fsp3) is 1.00. The van der Waals surface area contributed by atoms with Crippen molar-refractivity contribution in [3.05, 3.63) is 0 Å². The molecule has 1 heterocycles. The Morgan fingerprint density at radius 1 is 1.08 bits per heavy atom. The third-order valence-electron chi connectivity index (χ3n) is 4.72. The second-order valence-corrected chi connectivity index (χ2v) is 7.71. The van der Waals surface area contributed by atoms with Crippen molar-refractivity contribution in [1.82, 2.24) is 10.2 Å². The number of likely N-dealkylation sites (tertiary alicyclic amines) is 1. The van der Waals surface area contributed by atoms with E-state index in [0.29, 0.717) is 12.0 Å². The van der Waals surface area contributed by atoms with E-state index in [4.69, 9.17) is 4.74 Å². The molecule has 24 heavy (non-hydrogen) atoms. The lowest BCUT2D eigenvalue weighted by molar-refractivity contribution is -0.0768. The Kier molecular flexibility index (Phi) is 17.8. The van der Waals surface area contributed by atoms with E-state index in [2.05, 4.69) is 65.7 Å². The Morgan fingerprint density at radius 3 is 1.92 bits per heavy atom. The van der Waals surface area contributed by atoms with Crippen molar-refractivity contribution in [3.63, 3.8) is 0 Å². The van der Waals surface area contributed by atoms with Gasteiger partial charge in [-0.25, -0.2) is 0 Å². The van der Waals surface area contributed by atoms with Crippen molar-refractivity contribution >= 4 is 0 Å². The number of hydrogen-bond donors (Lipinski definition) is 1. The number of nitrogens with one attached hydrogen (secondary N) is 1. The first-order valence-corrected chi connectivity index (χ1v) is 10.3. The second kappa shape index (κ2) is 16.4. The summed E-state index contributed by atoms with van der Waals surface area (Å²) in [5, 5.41) is 3.25. The number of unbranched alkanes of at least 4 members (excludes halogenated alkanes) is 1. The maximum absolute atomic E-state index is 6.12. The van der Waals surface area contributed by atoms with Gasteiger partial charge in [-0.15, -0.1) is 0 Å². The zero-order valence-electron chi connectivity index (χ0n) is 18.4. The molecule has 1 atom stereocenters. The summed E-state index contributed by atoms with van der Waals surface area (Å²) in [6.07, 6.45) is 7.52. The summed E-state index contributed by atoms with van der Waals surface area (Å²) in [5.41, 5.74) is 0.0364. The van der Waals surface area contributed by atoms with E-state index in [1.54, 1.807) is 0 Å². The summed E-state index contributed by atoms with van der Waals surface area (Å²) >= 11 is 0. The lowest BCUT2D eigenvalue weighted by Gasteiger charge is -2.39. The first-order chi connectivity index (χ1) is 11.3. The van der Waals surface area contributed by atoms with E-state index in [-0.39, 0.29) is 5.60 Å². The lowest BCUT2D eigenvalue weighted by atomic mass is 9.83. The number of piperidine rings is 1. The van der Waals surface area contributed by atoms with Gasteiger partial charge in [0.1, 0.15) is 0 Å². The van der Waals surface area contributed by atoms with Crippen LogP contribution in [0.25, 0.3) is 0 Å². The summed E-state index contributed by atoms with van der Waals surface area (Å²) < 4.78 is 6.12. The number of hydrogen-bond acceptors (Lipinski definition) is 3. The Labute approximate surface area is 153 Å². The summed E-state index contributed by atoms with van der Waals surface area (Å²) in [5.74, 6) is 0.712. The molecule has 0 aromatic heterocycles. The SMILES string of the molecule is CCC.CCCC.CNC(C)CCOC(C)(C)C1CCN(C)CC1. The molecule has 1 N–H and O–H groups in total. The summed E-state index contributed by atoms with van der Waals surface area (Å²) in [7, 11) is 4.21. The first-order valence-electron chi connectivity index (χ1n) is 10.3. The average molecular weight is 345 g/mol. The van der Waals surface area contributed by atoms with Crippen LogP contribution >= 0.6 is 0 Å². The van der Waals surface area contributed by atoms with Gasteiger partial charge in [0.15, 0.2) is 0 Å². The fourth-order valence-corrected chi connectivity index (χ4v) is 2.46. The molecular weight excluding hydrogens is 296 g/mol. The number of nitrogens with zero attached hydrogens (tertiary/aromatic N) is 1. The summed E-state index contributed by atoms with van der Waals surface area (Å²) in [6.45, 7) is 18.6. The molecule has 1 rings (SSSR count). The van der Waals surface area contributed by atoms with E-state index >= 15 is 0 Å². The molecule has 0 amide bonds. The Morgan fingerprint density at radius 2 is 1.54 bits per heavy atom. The van der Waals surface area contributed by atoms with Crippen LogP contribution in [-0.2, 0) is 4.74 Å². The van der Waals surface area contributed by atoms with Crippen molar-refractivity contribution < 1.29 is 4.74 Å². The predicted octanol–water partition coefficient (Wildman–Crippen LogP) is 5.34. The number of rotatable bonds is 7. The quantitative estimate of drug-likeness (QED) is 0.674. The zero-order valence-corrected chi connectivity index (χ0v) is 18.4. The van der Waals surface area contributed by atoms with Crippen LogP contribution in [0.1, 0.15) is 87.0 Å². The van der Waals surface area contributed by atoms with Crippen LogP contribution in [0, 0.1) is 5.92 Å². The van der Waals surface area contributed by atoms with Gasteiger partial charge < -0.3 is 15.0 Å². The summed E-state index contributed by atoms with van der Waals surface area (Å²) in [4.78, 5) is 2.41. The van der Waals surface area contributed by atoms with Crippen LogP contribution in [0.4, 0.5) is 0 Å². The normalized spacial score (nSPS) is 17.4. The molecule has 1 fully saturated rings. The van der Waals surface area contributed by atoms with Crippen molar-refractivity contribution in [3.8, 4) is 0 Å². The van der Waals surface area contributed by atoms with E-state index in [0.717, 1.165) is 13.0 Å². The van der Waals surface area contributed by atoms with Crippen LogP contribution in [0.15, 0.2) is 0 Å². The van der Waals surface area contributed by atoms with Gasteiger partial charge in [-0.1, -0.05) is 47.0 Å². The molecule has 3 nitrogen and oxygen atoms in total. The molecule has 1 aliphatic heterocycles. The van der Waals surface area contributed by atoms with Gasteiger partial charge in [0.05, 0.1) is 5.60 Å². The largest absolute Gasteiger partial charge is 0.375 e. The molecule has 1 saturated heterocycles. The molecule has 0 aliphatic carbocycles. The van der Waals surface area contributed by atoms with Crippen LogP contribution < -0.4 is 5.32 Å². The minimum absolute atomic E-state index is 0.0364. The van der Waals surface area contributed by atoms with Gasteiger partial charge in [0.25, 0.3) is 0 Å². The highest BCUT2D eigenvalue weighted by atomic mass is 16.5. The van der Waals surface area contributed by atoms with Crippen molar-refractivity contribution in [2.75, 3.05) is 33.8 Å². The van der Waals surface area contributed by atoms with Gasteiger partial charge in [0.2, 0.25) is 0 Å². The van der Waals surface area contributed by atoms with Gasteiger partial charge in [0, 0.05) is 12.6 Å². The zero-order chi connectivity index (χ0) is 19.0. The third-order valence-corrected chi connectivity index (χ3v) is 4.72. The highest BCUT2D eigenvalue weighted by molar-refractivity contribution is 4.84. The molecular formula is C21H48N2O. The van der Waals surface area contributed by atoms with Crippen LogP contribution in [-0.4, -0.2) is 50.3 Å². The van der Waals surface area contributed by atoms with Gasteiger partial charge in [-0.3, -0.25) is 0 Å². The molecule has 0 saturated carbocycles. The molecule has 3 heteroatoms. The predicted molar refractivity (Wildman–Crippen MR) is 110 cm³/mol. The Hall–Kier alpha value is -0.120. The molecule has 0 spiro atoms. The Bertz CT molecular complexity index is 246. The maximum atomic E-state index is 6.12. The van der Waals surface area contributed by atoms with E-state index in [1.165, 1.54) is 45.2 Å². The van der Waals surface area contributed by atoms with E-state index < -0.39 is 0 Å². The molecule has 0 radical (unpaired) electrons. The van der Waals surface area contributed by atoms with E-state index in [1.807, 2.05) is 7.05 Å². The van der Waals surface area contributed by atoms with Crippen LogP contribution in [0.5, 0.6) is 0 Å². The highest BCUT2D eigenvalue weighted by Crippen LogP contribution is 2.30. The van der Waals surface area contributed by atoms with Crippen LogP contribution in [0.3, 0.4) is 0 Å². The Balaban J connectivity index is 0. The molecule has 0 bridgehead atoms. The smallest absolute Gasteiger partial charge is 0.0655 e. The minimum Gasteiger partial charge on any atom is -0.375 e. The van der Waals surface area contributed by atoms with Crippen LogP contribution in [0.2, 0.25) is 0 Å². The standard InChI is InChI=1S/C14H30N2O.C4H10.C3H8/c1-12(15-4)8-11-17-14(2,3)13-6-9-16(5)10-7-13;1-3-4-2;1-3-2/h12-13,15H,6-11H2,1-5H3;3-4H2,1-2H3;3H2,1-2H3. The molecule has 1 unspecified atom stereocenters. The van der Waals surface area contributed by atoms with Crippen molar-refractivity contribution in [2.24, 2.45) is 5.92 Å². The van der Waals surface area contributed by atoms with E-state index in [9.17, 15) is 0 Å². The van der Waals surface area contributed by atoms with Gasteiger partial charge >= 0.3 is 0 Å². The topological polar surface area (TPSA) is 24.5 Å². The number of ether oxygens (including phenoxy) is 1. The molecule has 1 aliphatic rings. The maximum Gasteiger partial charge on any atom is 0.0655 e. The third kappa shape index (κ3) is 14.2. The molecule has 0 aromatic rings. The monoisotopic (exact) mass is 344 g/mol. The van der Waals surface area contributed by atoms with Crippen molar-refractivity contribution in [1.29, 1.82) is 0 Å². The second-order valence-electron chi connectivity index (χ2n) is 7.71. The van der Waals surface area contributed by atoms with Crippen molar-refractivity contribution in [2.45, 2.75) is 98.6 Å².